The predicted octanol–water partition coefficient (Wildman–Crippen LogP) is 1.37. The maximum atomic E-state index is 10.1. The average Bonchev–Trinajstić information content (AvgIpc) is 2.14. The normalized spacial score (nSPS) is 9.23. The molecule has 3 N–H and O–H groups in total. The van der Waals surface area contributed by atoms with E-state index in [0.717, 1.165) is 5.69 Å². The highest BCUT2D eigenvalue weighted by Gasteiger charge is 1.92. The molecule has 4 heteroatoms. The Kier molecular flexibility index (Phi) is 3.63. The first-order valence-corrected chi connectivity index (χ1v) is 4.05. The summed E-state index contributed by atoms with van der Waals surface area (Å²) < 4.78 is 0. The molecule has 0 saturated heterocycles. The first-order valence-electron chi connectivity index (χ1n) is 4.05. The predicted molar refractivity (Wildman–Crippen MR) is 51.0 cm³/mol. The van der Waals surface area contributed by atoms with E-state index in [-0.39, 0.29) is 0 Å². The topological polar surface area (TPSA) is 61.4 Å². The molecule has 0 atom stereocenters. The zero-order valence-corrected chi connectivity index (χ0v) is 7.16. The standard InChI is InChI=1S/C9H12N2O2/c12-9(13)11-7-6-10-8-4-2-1-3-5-8/h1-5,10-11H,6-7H2,(H,12,13). The minimum Gasteiger partial charge on any atom is -0.465 e. The van der Waals surface area contributed by atoms with E-state index in [1.807, 2.05) is 30.3 Å². The Bertz CT molecular complexity index is 262. The molecule has 1 aromatic rings. The summed E-state index contributed by atoms with van der Waals surface area (Å²) in [6.45, 7) is 1.00. The molecule has 4 nitrogen and oxygen atoms in total. The zero-order valence-electron chi connectivity index (χ0n) is 7.16. The van der Waals surface area contributed by atoms with Gasteiger partial charge >= 0.3 is 6.09 Å². The van der Waals surface area contributed by atoms with Crippen LogP contribution in [0.2, 0.25) is 0 Å². The second kappa shape index (κ2) is 5.03. The van der Waals surface area contributed by atoms with Crippen molar-refractivity contribution in [2.45, 2.75) is 0 Å². The maximum Gasteiger partial charge on any atom is 0.404 e. The molecule has 1 aromatic carbocycles. The third kappa shape index (κ3) is 4.00. The fourth-order valence-corrected chi connectivity index (χ4v) is 0.932. The summed E-state index contributed by atoms with van der Waals surface area (Å²) in [5, 5.41) is 13.6. The molecule has 0 aliphatic heterocycles. The van der Waals surface area contributed by atoms with Crippen LogP contribution in [0.5, 0.6) is 0 Å². The van der Waals surface area contributed by atoms with Gasteiger partial charge in [-0.05, 0) is 12.1 Å². The van der Waals surface area contributed by atoms with Crippen molar-refractivity contribution in [2.24, 2.45) is 0 Å². The van der Waals surface area contributed by atoms with E-state index in [1.54, 1.807) is 0 Å². The third-order valence-electron chi connectivity index (χ3n) is 1.50. The molecule has 0 unspecified atom stereocenters. The fourth-order valence-electron chi connectivity index (χ4n) is 0.932. The van der Waals surface area contributed by atoms with Gasteiger partial charge in [-0.1, -0.05) is 18.2 Å². The minimum absolute atomic E-state index is 0.407. The van der Waals surface area contributed by atoms with Crippen molar-refractivity contribution in [2.75, 3.05) is 18.4 Å². The van der Waals surface area contributed by atoms with Gasteiger partial charge < -0.3 is 15.7 Å². The number of hydrogen-bond acceptors (Lipinski definition) is 2. The molecule has 1 rings (SSSR count). The average molecular weight is 180 g/mol. The largest absolute Gasteiger partial charge is 0.465 e. The van der Waals surface area contributed by atoms with E-state index < -0.39 is 6.09 Å². The SMILES string of the molecule is O=C(O)NCCNc1ccccc1. The number of rotatable bonds is 4. The maximum absolute atomic E-state index is 10.1. The number of anilines is 1. The van der Waals surface area contributed by atoms with E-state index in [4.69, 9.17) is 5.11 Å². The Labute approximate surface area is 76.6 Å². The van der Waals surface area contributed by atoms with E-state index in [9.17, 15) is 4.79 Å². The molecule has 1 amide bonds. The van der Waals surface area contributed by atoms with Crippen molar-refractivity contribution in [1.82, 2.24) is 5.32 Å². The van der Waals surface area contributed by atoms with Crippen LogP contribution in [0.15, 0.2) is 30.3 Å². The number of para-hydroxylation sites is 1. The highest BCUT2D eigenvalue weighted by Crippen LogP contribution is 2.03. The van der Waals surface area contributed by atoms with Gasteiger partial charge in [0.15, 0.2) is 0 Å². The van der Waals surface area contributed by atoms with Crippen molar-refractivity contribution < 1.29 is 9.90 Å². The summed E-state index contributed by atoms with van der Waals surface area (Å²) in [6, 6.07) is 9.64. The lowest BCUT2D eigenvalue weighted by Gasteiger charge is -2.05. The molecule has 0 aliphatic carbocycles. The van der Waals surface area contributed by atoms with Crippen LogP contribution in [0.1, 0.15) is 0 Å². The monoisotopic (exact) mass is 180 g/mol. The first kappa shape index (κ1) is 9.38. The summed E-state index contributed by atoms with van der Waals surface area (Å²) in [6.07, 6.45) is -0.991. The molecule has 0 aliphatic rings. The van der Waals surface area contributed by atoms with Crippen LogP contribution < -0.4 is 10.6 Å². The zero-order chi connectivity index (χ0) is 9.52. The molecule has 0 aromatic heterocycles. The van der Waals surface area contributed by atoms with E-state index >= 15 is 0 Å². The second-order valence-electron chi connectivity index (χ2n) is 2.52. The Morgan fingerprint density at radius 1 is 1.23 bits per heavy atom. The Morgan fingerprint density at radius 3 is 2.54 bits per heavy atom. The number of hydrogen-bond donors (Lipinski definition) is 3. The highest BCUT2D eigenvalue weighted by molar-refractivity contribution is 5.64. The first-order chi connectivity index (χ1) is 6.29. The van der Waals surface area contributed by atoms with Crippen LogP contribution in [0.3, 0.4) is 0 Å². The minimum atomic E-state index is -0.991. The van der Waals surface area contributed by atoms with Gasteiger partial charge in [-0.2, -0.15) is 0 Å². The van der Waals surface area contributed by atoms with Gasteiger partial charge in [0.05, 0.1) is 0 Å². The Hall–Kier alpha value is -1.71. The van der Waals surface area contributed by atoms with Crippen molar-refractivity contribution in [3.8, 4) is 0 Å². The van der Waals surface area contributed by atoms with Crippen LogP contribution in [0, 0.1) is 0 Å². The molecule has 0 radical (unpaired) electrons. The summed E-state index contributed by atoms with van der Waals surface area (Å²) in [5.41, 5.74) is 0.995. The van der Waals surface area contributed by atoms with Gasteiger partial charge in [-0.15, -0.1) is 0 Å². The molecular weight excluding hydrogens is 168 g/mol. The molecule has 0 heterocycles. The lowest BCUT2D eigenvalue weighted by Crippen LogP contribution is -2.26. The van der Waals surface area contributed by atoms with Gasteiger partial charge in [-0.3, -0.25) is 0 Å². The van der Waals surface area contributed by atoms with Crippen molar-refractivity contribution >= 4 is 11.8 Å². The number of carbonyl (C=O) groups is 1. The van der Waals surface area contributed by atoms with Gasteiger partial charge in [0.1, 0.15) is 0 Å². The summed E-state index contributed by atoms with van der Waals surface area (Å²) in [7, 11) is 0. The molecule has 70 valence electrons. The number of amides is 1. The Morgan fingerprint density at radius 2 is 1.92 bits per heavy atom. The van der Waals surface area contributed by atoms with Gasteiger partial charge in [-0.25, -0.2) is 4.79 Å². The van der Waals surface area contributed by atoms with Crippen molar-refractivity contribution in [3.05, 3.63) is 30.3 Å². The van der Waals surface area contributed by atoms with Crippen LogP contribution in [0.25, 0.3) is 0 Å². The third-order valence-corrected chi connectivity index (χ3v) is 1.50. The molecule has 0 bridgehead atoms. The van der Waals surface area contributed by atoms with Gasteiger partial charge in [0, 0.05) is 18.8 Å². The van der Waals surface area contributed by atoms with Crippen LogP contribution in [-0.2, 0) is 0 Å². The number of carboxylic acid groups (broad SMARTS) is 1. The van der Waals surface area contributed by atoms with Crippen molar-refractivity contribution in [1.29, 1.82) is 0 Å². The van der Waals surface area contributed by atoms with Gasteiger partial charge in [0.2, 0.25) is 0 Å². The summed E-state index contributed by atoms with van der Waals surface area (Å²) in [5.74, 6) is 0. The number of benzene rings is 1. The molecule has 0 fully saturated rings. The Balaban J connectivity index is 2.17. The van der Waals surface area contributed by atoms with E-state index in [1.165, 1.54) is 0 Å². The quantitative estimate of drug-likeness (QED) is 0.613. The summed E-state index contributed by atoms with van der Waals surface area (Å²) >= 11 is 0. The van der Waals surface area contributed by atoms with E-state index in [2.05, 4.69) is 10.6 Å². The van der Waals surface area contributed by atoms with E-state index in [0.29, 0.717) is 13.1 Å². The van der Waals surface area contributed by atoms with Crippen LogP contribution >= 0.6 is 0 Å². The van der Waals surface area contributed by atoms with Crippen LogP contribution in [0.4, 0.5) is 10.5 Å². The summed E-state index contributed by atoms with van der Waals surface area (Å²) in [4.78, 5) is 10.1. The lowest BCUT2D eigenvalue weighted by molar-refractivity contribution is 0.195. The smallest absolute Gasteiger partial charge is 0.404 e. The lowest BCUT2D eigenvalue weighted by atomic mass is 10.3. The number of nitrogens with one attached hydrogen (secondary N) is 2. The molecule has 13 heavy (non-hydrogen) atoms. The molecular formula is C9H12N2O2. The van der Waals surface area contributed by atoms with Crippen molar-refractivity contribution in [3.63, 3.8) is 0 Å². The molecule has 0 spiro atoms. The molecule has 0 saturated carbocycles. The fraction of sp³-hybridized carbons (Fsp3) is 0.222. The highest BCUT2D eigenvalue weighted by atomic mass is 16.4. The second-order valence-corrected chi connectivity index (χ2v) is 2.52. The van der Waals surface area contributed by atoms with Gasteiger partial charge in [0.25, 0.3) is 0 Å². The van der Waals surface area contributed by atoms with Crippen LogP contribution in [-0.4, -0.2) is 24.3 Å².